The molecule has 0 heterocycles. The van der Waals surface area contributed by atoms with Crippen molar-refractivity contribution in [1.29, 1.82) is 0 Å². The Labute approximate surface area is 91.3 Å². The van der Waals surface area contributed by atoms with Crippen molar-refractivity contribution in [2.24, 2.45) is 29.1 Å². The average Bonchev–Trinajstić information content (AvgIpc) is 2.55. The molecule has 0 spiro atoms. The van der Waals surface area contributed by atoms with E-state index in [1.165, 1.54) is 6.08 Å². The standard InChI is InChI=1S/C12H13F3O/c13-12(14,15)10-5-4-8-6-2-1-3-7(6)9(10)11(8,10)16/h4-9,16H,1-3H2/t6-,7+,8?,9?,10?,11+/m0/s1. The molecule has 16 heavy (non-hydrogen) atoms. The van der Waals surface area contributed by atoms with Gasteiger partial charge in [-0.1, -0.05) is 18.6 Å². The van der Waals surface area contributed by atoms with Crippen LogP contribution in [0.1, 0.15) is 19.3 Å². The molecule has 1 nitrogen and oxygen atoms in total. The summed E-state index contributed by atoms with van der Waals surface area (Å²) in [6.45, 7) is 0. The van der Waals surface area contributed by atoms with Crippen molar-refractivity contribution in [2.45, 2.75) is 31.0 Å². The van der Waals surface area contributed by atoms with Crippen LogP contribution in [0.15, 0.2) is 12.2 Å². The van der Waals surface area contributed by atoms with E-state index < -0.39 is 23.1 Å². The third-order valence-electron chi connectivity index (χ3n) is 5.60. The van der Waals surface area contributed by atoms with Crippen molar-refractivity contribution in [3.05, 3.63) is 12.2 Å². The highest BCUT2D eigenvalue weighted by atomic mass is 19.4. The zero-order valence-corrected chi connectivity index (χ0v) is 8.67. The first kappa shape index (κ1) is 9.51. The zero-order chi connectivity index (χ0) is 11.3. The van der Waals surface area contributed by atoms with Crippen LogP contribution in [0.4, 0.5) is 13.2 Å². The van der Waals surface area contributed by atoms with Crippen LogP contribution >= 0.6 is 0 Å². The second kappa shape index (κ2) is 2.22. The molecule has 0 aromatic heterocycles. The van der Waals surface area contributed by atoms with Gasteiger partial charge in [-0.3, -0.25) is 0 Å². The van der Waals surface area contributed by atoms with E-state index in [2.05, 4.69) is 0 Å². The van der Waals surface area contributed by atoms with E-state index in [-0.39, 0.29) is 11.8 Å². The summed E-state index contributed by atoms with van der Waals surface area (Å²) in [6, 6.07) is 0. The van der Waals surface area contributed by atoms with Gasteiger partial charge in [-0.05, 0) is 24.7 Å². The van der Waals surface area contributed by atoms with Crippen LogP contribution in [0, 0.1) is 29.1 Å². The molecular formula is C12H13F3O. The summed E-state index contributed by atoms with van der Waals surface area (Å²) in [4.78, 5) is 0. The van der Waals surface area contributed by atoms with Crippen molar-refractivity contribution >= 4 is 0 Å². The summed E-state index contributed by atoms with van der Waals surface area (Å²) in [7, 11) is 0. The molecule has 0 amide bonds. The van der Waals surface area contributed by atoms with Crippen molar-refractivity contribution in [3.63, 3.8) is 0 Å². The Morgan fingerprint density at radius 2 is 1.88 bits per heavy atom. The summed E-state index contributed by atoms with van der Waals surface area (Å²) in [5, 5.41) is 10.4. The van der Waals surface area contributed by atoms with E-state index >= 15 is 0 Å². The van der Waals surface area contributed by atoms with Gasteiger partial charge in [0.05, 0.1) is 5.60 Å². The van der Waals surface area contributed by atoms with Gasteiger partial charge in [-0.2, -0.15) is 13.2 Å². The second-order valence-electron chi connectivity index (χ2n) is 5.81. The summed E-state index contributed by atoms with van der Waals surface area (Å²) < 4.78 is 39.4. The lowest BCUT2D eigenvalue weighted by Crippen LogP contribution is -2.36. The molecule has 4 heteroatoms. The minimum atomic E-state index is -4.29. The van der Waals surface area contributed by atoms with Crippen molar-refractivity contribution in [3.8, 4) is 0 Å². The number of rotatable bonds is 0. The molecule has 0 saturated heterocycles. The van der Waals surface area contributed by atoms with Crippen LogP contribution in [-0.4, -0.2) is 16.9 Å². The van der Waals surface area contributed by atoms with Gasteiger partial charge in [0, 0.05) is 11.8 Å². The Morgan fingerprint density at radius 3 is 2.56 bits per heavy atom. The quantitative estimate of drug-likeness (QED) is 0.634. The number of hydrogen-bond acceptors (Lipinski definition) is 1. The normalized spacial score (nSPS) is 61.2. The average molecular weight is 230 g/mol. The largest absolute Gasteiger partial charge is 0.401 e. The minimum Gasteiger partial charge on any atom is -0.388 e. The van der Waals surface area contributed by atoms with Gasteiger partial charge in [-0.15, -0.1) is 0 Å². The molecule has 3 saturated carbocycles. The molecule has 3 fully saturated rings. The third kappa shape index (κ3) is 0.637. The summed E-state index contributed by atoms with van der Waals surface area (Å²) in [5.41, 5.74) is -3.35. The van der Waals surface area contributed by atoms with E-state index in [9.17, 15) is 18.3 Å². The van der Waals surface area contributed by atoms with Crippen molar-refractivity contribution in [1.82, 2.24) is 0 Å². The molecule has 4 aliphatic carbocycles. The molecular weight excluding hydrogens is 217 g/mol. The molecule has 1 N–H and O–H groups in total. The van der Waals surface area contributed by atoms with Crippen molar-refractivity contribution < 1.29 is 18.3 Å². The first-order valence-electron chi connectivity index (χ1n) is 5.93. The van der Waals surface area contributed by atoms with E-state index in [1.54, 1.807) is 6.08 Å². The number of halogens is 3. The van der Waals surface area contributed by atoms with Crippen LogP contribution in [-0.2, 0) is 0 Å². The molecule has 88 valence electrons. The van der Waals surface area contributed by atoms with Gasteiger partial charge in [0.25, 0.3) is 0 Å². The number of alkyl halides is 3. The molecule has 4 aliphatic rings. The number of fused-ring (bicyclic) bond motifs is 4. The van der Waals surface area contributed by atoms with Crippen LogP contribution in [0.2, 0.25) is 0 Å². The minimum absolute atomic E-state index is 0.103. The third-order valence-corrected chi connectivity index (χ3v) is 5.60. The van der Waals surface area contributed by atoms with Crippen LogP contribution in [0.3, 0.4) is 0 Å². The molecule has 0 aliphatic heterocycles. The molecule has 3 unspecified atom stereocenters. The molecule has 0 radical (unpaired) electrons. The monoisotopic (exact) mass is 230 g/mol. The Hall–Kier alpha value is -0.510. The Morgan fingerprint density at radius 1 is 1.19 bits per heavy atom. The topological polar surface area (TPSA) is 20.2 Å². The first-order valence-corrected chi connectivity index (χ1v) is 5.93. The maximum Gasteiger partial charge on any atom is 0.401 e. The highest BCUT2D eigenvalue weighted by Crippen LogP contribution is 2.85. The van der Waals surface area contributed by atoms with Gasteiger partial charge >= 0.3 is 6.18 Å². The van der Waals surface area contributed by atoms with Crippen LogP contribution in [0.5, 0.6) is 0 Å². The SMILES string of the molecule is O[C@@]12C3C=CC1(C(F)(F)F)C2[C@@H]1CCC[C@H]31. The van der Waals surface area contributed by atoms with Gasteiger partial charge in [0.15, 0.2) is 0 Å². The maximum absolute atomic E-state index is 13.1. The molecule has 0 bridgehead atoms. The predicted octanol–water partition coefficient (Wildman–Crippen LogP) is 2.51. The maximum atomic E-state index is 13.1. The zero-order valence-electron chi connectivity index (χ0n) is 8.67. The summed E-state index contributed by atoms with van der Waals surface area (Å²) in [5.74, 6) is -0.357. The van der Waals surface area contributed by atoms with Crippen LogP contribution in [0.25, 0.3) is 0 Å². The summed E-state index contributed by atoms with van der Waals surface area (Å²) in [6.07, 6.45) is 1.51. The fraction of sp³-hybridized carbons (Fsp3) is 0.833. The van der Waals surface area contributed by atoms with Gasteiger partial charge < -0.3 is 5.11 Å². The Bertz CT molecular complexity index is 402. The number of aliphatic hydroxyl groups is 1. The Balaban J connectivity index is 1.85. The van der Waals surface area contributed by atoms with E-state index in [1.807, 2.05) is 0 Å². The lowest BCUT2D eigenvalue weighted by atomic mass is 9.82. The lowest BCUT2D eigenvalue weighted by Gasteiger charge is -2.26. The van der Waals surface area contributed by atoms with E-state index in [0.29, 0.717) is 5.92 Å². The van der Waals surface area contributed by atoms with Gasteiger partial charge in [-0.25, -0.2) is 0 Å². The fourth-order valence-electron chi connectivity index (χ4n) is 5.16. The van der Waals surface area contributed by atoms with Crippen molar-refractivity contribution in [2.75, 3.05) is 0 Å². The molecule has 0 aromatic rings. The smallest absolute Gasteiger partial charge is 0.388 e. The van der Waals surface area contributed by atoms with E-state index in [4.69, 9.17) is 0 Å². The summed E-state index contributed by atoms with van der Waals surface area (Å²) >= 11 is 0. The number of hydrogen-bond donors (Lipinski definition) is 1. The Kier molecular flexibility index (Phi) is 1.32. The molecule has 4 rings (SSSR count). The first-order chi connectivity index (χ1) is 7.44. The highest BCUT2D eigenvalue weighted by molar-refractivity contribution is 5.47. The molecule has 0 aromatic carbocycles. The van der Waals surface area contributed by atoms with Gasteiger partial charge in [0.1, 0.15) is 5.41 Å². The van der Waals surface area contributed by atoms with Crippen LogP contribution < -0.4 is 0 Å². The molecule has 6 atom stereocenters. The van der Waals surface area contributed by atoms with Gasteiger partial charge in [0.2, 0.25) is 0 Å². The van der Waals surface area contributed by atoms with E-state index in [0.717, 1.165) is 19.3 Å². The second-order valence-corrected chi connectivity index (χ2v) is 5.81. The lowest BCUT2D eigenvalue weighted by molar-refractivity contribution is -0.197. The predicted molar refractivity (Wildman–Crippen MR) is 50.4 cm³/mol. The fourth-order valence-corrected chi connectivity index (χ4v) is 5.16. The highest BCUT2D eigenvalue weighted by Gasteiger charge is 2.94.